The average molecular weight is 423 g/mol. The van der Waals surface area contributed by atoms with Gasteiger partial charge in [-0.05, 0) is 30.5 Å². The fraction of sp³-hybridized carbons (Fsp3) is 0.261. The summed E-state index contributed by atoms with van der Waals surface area (Å²) in [7, 11) is 0. The lowest BCUT2D eigenvalue weighted by molar-refractivity contribution is 0.102. The van der Waals surface area contributed by atoms with Gasteiger partial charge in [-0.1, -0.05) is 54.1 Å². The molecule has 0 spiro atoms. The number of amides is 1. The third-order valence-corrected chi connectivity index (χ3v) is 5.24. The maximum Gasteiger partial charge on any atom is 0.276 e. The molecule has 4 rings (SSSR count). The number of benzene rings is 2. The molecule has 3 aromatic rings. The Morgan fingerprint density at radius 1 is 1.07 bits per heavy atom. The van der Waals surface area contributed by atoms with E-state index in [0.717, 1.165) is 32.4 Å². The Bertz CT molecular complexity index is 1010. The number of carbonyl (C=O) groups excluding carboxylic acids is 1. The van der Waals surface area contributed by atoms with E-state index in [1.165, 1.54) is 11.8 Å². The van der Waals surface area contributed by atoms with Crippen LogP contribution in [-0.2, 0) is 6.42 Å². The number of carbonyl (C=O) groups is 1. The maximum absolute atomic E-state index is 12.9. The summed E-state index contributed by atoms with van der Waals surface area (Å²) in [6.07, 6.45) is 4.46. The Morgan fingerprint density at radius 2 is 1.80 bits per heavy atom. The van der Waals surface area contributed by atoms with Gasteiger partial charge in [0.2, 0.25) is 5.95 Å². The van der Waals surface area contributed by atoms with E-state index in [4.69, 9.17) is 16.3 Å². The first-order valence-electron chi connectivity index (χ1n) is 10.1. The number of hydrogen-bond acceptors (Lipinski definition) is 5. The second-order valence-electron chi connectivity index (χ2n) is 7.10. The zero-order valence-electron chi connectivity index (χ0n) is 16.6. The highest BCUT2D eigenvalue weighted by atomic mass is 35.5. The van der Waals surface area contributed by atoms with Crippen LogP contribution >= 0.6 is 11.6 Å². The number of anilines is 2. The maximum atomic E-state index is 12.9. The molecule has 0 saturated carbocycles. The normalized spacial score (nSPS) is 13.3. The van der Waals surface area contributed by atoms with E-state index in [1.807, 2.05) is 36.4 Å². The van der Waals surface area contributed by atoms with Gasteiger partial charge >= 0.3 is 0 Å². The molecule has 1 aliphatic heterocycles. The highest BCUT2D eigenvalue weighted by Crippen LogP contribution is 2.26. The van der Waals surface area contributed by atoms with Crippen molar-refractivity contribution < 1.29 is 9.53 Å². The number of ether oxygens (including phenoxy) is 1. The number of halogens is 1. The summed E-state index contributed by atoms with van der Waals surface area (Å²) in [6, 6.07) is 17.5. The first-order chi connectivity index (χ1) is 14.7. The van der Waals surface area contributed by atoms with Crippen LogP contribution in [0.3, 0.4) is 0 Å². The van der Waals surface area contributed by atoms with Crippen molar-refractivity contribution in [2.45, 2.75) is 19.3 Å². The summed E-state index contributed by atoms with van der Waals surface area (Å²) in [5, 5.41) is 3.10. The van der Waals surface area contributed by atoms with Crippen LogP contribution in [0.2, 0.25) is 5.02 Å². The number of nitrogens with zero attached hydrogens (tertiary/aromatic N) is 3. The van der Waals surface area contributed by atoms with Crippen molar-refractivity contribution in [3.63, 3.8) is 0 Å². The molecule has 154 valence electrons. The summed E-state index contributed by atoms with van der Waals surface area (Å²) < 4.78 is 5.92. The van der Waals surface area contributed by atoms with Crippen LogP contribution in [0.25, 0.3) is 0 Å². The molecule has 1 N–H and O–H groups in total. The minimum absolute atomic E-state index is 0.160. The summed E-state index contributed by atoms with van der Waals surface area (Å²) in [5.41, 5.74) is 1.93. The SMILES string of the molecule is O=C(Nc1ccccc1OCCc1ccccc1)c1nc(N2CCCC2)ncc1Cl. The quantitative estimate of drug-likeness (QED) is 0.602. The first-order valence-corrected chi connectivity index (χ1v) is 10.4. The molecule has 0 atom stereocenters. The van der Waals surface area contributed by atoms with Gasteiger partial charge in [0.1, 0.15) is 5.75 Å². The number of nitrogens with one attached hydrogen (secondary N) is 1. The monoisotopic (exact) mass is 422 g/mol. The van der Waals surface area contributed by atoms with Crippen molar-refractivity contribution >= 4 is 29.1 Å². The Morgan fingerprint density at radius 3 is 2.60 bits per heavy atom. The lowest BCUT2D eigenvalue weighted by Crippen LogP contribution is -2.23. The van der Waals surface area contributed by atoms with Crippen LogP contribution in [0, 0.1) is 0 Å². The van der Waals surface area contributed by atoms with Crippen molar-refractivity contribution in [3.05, 3.63) is 77.1 Å². The molecule has 1 amide bonds. The molecule has 7 heteroatoms. The first kappa shape index (κ1) is 20.2. The van der Waals surface area contributed by atoms with Crippen LogP contribution < -0.4 is 15.0 Å². The average Bonchev–Trinajstić information content (AvgIpc) is 3.31. The Kier molecular flexibility index (Phi) is 6.44. The summed E-state index contributed by atoms with van der Waals surface area (Å²) >= 11 is 6.22. The van der Waals surface area contributed by atoms with Gasteiger partial charge in [0.25, 0.3) is 5.91 Å². The van der Waals surface area contributed by atoms with Crippen molar-refractivity contribution in [1.29, 1.82) is 0 Å². The molecule has 2 aromatic carbocycles. The molecule has 1 saturated heterocycles. The third-order valence-electron chi connectivity index (χ3n) is 4.96. The van der Waals surface area contributed by atoms with Gasteiger partial charge < -0.3 is 15.0 Å². The van der Waals surface area contributed by atoms with E-state index in [9.17, 15) is 4.79 Å². The van der Waals surface area contributed by atoms with Gasteiger partial charge in [0, 0.05) is 19.5 Å². The van der Waals surface area contributed by atoms with Gasteiger partial charge in [0.05, 0.1) is 23.5 Å². The third kappa shape index (κ3) is 4.89. The Balaban J connectivity index is 1.45. The standard InChI is InChI=1S/C23H23ClN4O2/c24-18-16-25-23(28-13-6-7-14-28)27-21(18)22(29)26-19-10-4-5-11-20(19)30-15-12-17-8-2-1-3-9-17/h1-5,8-11,16H,6-7,12-15H2,(H,26,29). The van der Waals surface area contributed by atoms with Gasteiger partial charge in [-0.2, -0.15) is 0 Å². The van der Waals surface area contributed by atoms with E-state index in [-0.39, 0.29) is 16.6 Å². The Labute approximate surface area is 180 Å². The van der Waals surface area contributed by atoms with E-state index in [2.05, 4.69) is 32.3 Å². The molecule has 0 unspecified atom stereocenters. The minimum Gasteiger partial charge on any atom is -0.491 e. The molecular weight excluding hydrogens is 400 g/mol. The van der Waals surface area contributed by atoms with E-state index >= 15 is 0 Å². The highest BCUT2D eigenvalue weighted by Gasteiger charge is 2.20. The molecule has 0 bridgehead atoms. The highest BCUT2D eigenvalue weighted by molar-refractivity contribution is 6.34. The van der Waals surface area contributed by atoms with Gasteiger partial charge in [-0.25, -0.2) is 9.97 Å². The van der Waals surface area contributed by atoms with Gasteiger partial charge in [0.15, 0.2) is 5.69 Å². The number of rotatable bonds is 7. The van der Waals surface area contributed by atoms with Crippen molar-refractivity contribution in [1.82, 2.24) is 9.97 Å². The van der Waals surface area contributed by atoms with Gasteiger partial charge in [-0.3, -0.25) is 4.79 Å². The molecule has 30 heavy (non-hydrogen) atoms. The lowest BCUT2D eigenvalue weighted by Gasteiger charge is -2.16. The molecule has 6 nitrogen and oxygen atoms in total. The van der Waals surface area contributed by atoms with Crippen LogP contribution in [-0.4, -0.2) is 35.6 Å². The second-order valence-corrected chi connectivity index (χ2v) is 7.50. The second kappa shape index (κ2) is 9.59. The largest absolute Gasteiger partial charge is 0.491 e. The molecule has 0 aliphatic carbocycles. The van der Waals surface area contributed by atoms with Gasteiger partial charge in [-0.15, -0.1) is 0 Å². The van der Waals surface area contributed by atoms with Crippen LogP contribution in [0.15, 0.2) is 60.8 Å². The summed E-state index contributed by atoms with van der Waals surface area (Å²) in [4.78, 5) is 23.6. The summed E-state index contributed by atoms with van der Waals surface area (Å²) in [6.45, 7) is 2.28. The van der Waals surface area contributed by atoms with Crippen molar-refractivity contribution in [2.24, 2.45) is 0 Å². The predicted octanol–water partition coefficient (Wildman–Crippen LogP) is 4.60. The number of para-hydroxylation sites is 2. The zero-order chi connectivity index (χ0) is 20.8. The van der Waals surface area contributed by atoms with Crippen molar-refractivity contribution in [2.75, 3.05) is 29.9 Å². The fourth-order valence-electron chi connectivity index (χ4n) is 3.39. The van der Waals surface area contributed by atoms with Crippen LogP contribution in [0.1, 0.15) is 28.9 Å². The van der Waals surface area contributed by atoms with E-state index in [1.54, 1.807) is 6.07 Å². The topological polar surface area (TPSA) is 67.3 Å². The van der Waals surface area contributed by atoms with E-state index in [0.29, 0.717) is 24.0 Å². The molecule has 1 aromatic heterocycles. The molecule has 2 heterocycles. The number of aromatic nitrogens is 2. The van der Waals surface area contributed by atoms with Crippen LogP contribution in [0.5, 0.6) is 5.75 Å². The number of hydrogen-bond donors (Lipinski definition) is 1. The molecule has 0 radical (unpaired) electrons. The molecule has 1 aliphatic rings. The van der Waals surface area contributed by atoms with Crippen LogP contribution in [0.4, 0.5) is 11.6 Å². The Hall–Kier alpha value is -3.12. The molecular formula is C23H23ClN4O2. The van der Waals surface area contributed by atoms with Crippen molar-refractivity contribution in [3.8, 4) is 5.75 Å². The zero-order valence-corrected chi connectivity index (χ0v) is 17.3. The summed E-state index contributed by atoms with van der Waals surface area (Å²) in [5.74, 6) is 0.753. The van der Waals surface area contributed by atoms with E-state index < -0.39 is 0 Å². The smallest absolute Gasteiger partial charge is 0.276 e. The molecule has 1 fully saturated rings. The predicted molar refractivity (Wildman–Crippen MR) is 119 cm³/mol. The fourth-order valence-corrected chi connectivity index (χ4v) is 3.56. The minimum atomic E-state index is -0.387. The lowest BCUT2D eigenvalue weighted by atomic mass is 10.2.